The van der Waals surface area contributed by atoms with Crippen LogP contribution in [0.1, 0.15) is 37.0 Å². The van der Waals surface area contributed by atoms with Gasteiger partial charge >= 0.3 is 0 Å². The fraction of sp³-hybridized carbons (Fsp3) is 0.333. The summed E-state index contributed by atoms with van der Waals surface area (Å²) in [6, 6.07) is 19.5. The zero-order valence-electron chi connectivity index (χ0n) is 17.4. The average molecular weight is 392 g/mol. The minimum atomic E-state index is -0.122. The van der Waals surface area contributed by atoms with Gasteiger partial charge in [0, 0.05) is 24.7 Å². The Labute approximate surface area is 172 Å². The summed E-state index contributed by atoms with van der Waals surface area (Å²) in [5.74, 6) is 0.718. The van der Waals surface area contributed by atoms with Crippen molar-refractivity contribution in [3.8, 4) is 0 Å². The standard InChI is InChI=1S/C22H23N3O2.C2H6/c1-27-15-17-10-7-13-25(17)21-14-19(18-11-5-6-12-20(18)24-21)22(26)23-16-8-3-2-4-9-16;1-2/h2-6,8-9,11-12,14,17H,7,10,13,15H2,1H3,(H,23,26);1-2H3. The molecule has 1 unspecified atom stereocenters. The van der Waals surface area contributed by atoms with Gasteiger partial charge in [-0.3, -0.25) is 4.79 Å². The van der Waals surface area contributed by atoms with Crippen LogP contribution < -0.4 is 10.2 Å². The topological polar surface area (TPSA) is 54.5 Å². The molecule has 5 heteroatoms. The molecule has 152 valence electrons. The number of fused-ring (bicyclic) bond motifs is 1. The zero-order valence-corrected chi connectivity index (χ0v) is 17.4. The third-order valence-corrected chi connectivity index (χ3v) is 5.01. The van der Waals surface area contributed by atoms with Gasteiger partial charge in [-0.05, 0) is 37.1 Å². The van der Waals surface area contributed by atoms with Gasteiger partial charge < -0.3 is 15.0 Å². The van der Waals surface area contributed by atoms with E-state index < -0.39 is 0 Å². The minimum absolute atomic E-state index is 0.122. The summed E-state index contributed by atoms with van der Waals surface area (Å²) in [6.07, 6.45) is 2.18. The van der Waals surface area contributed by atoms with Crippen molar-refractivity contribution in [2.24, 2.45) is 0 Å². The maximum Gasteiger partial charge on any atom is 0.256 e. The summed E-state index contributed by atoms with van der Waals surface area (Å²) in [7, 11) is 1.73. The highest BCUT2D eigenvalue weighted by Gasteiger charge is 2.27. The van der Waals surface area contributed by atoms with Crippen molar-refractivity contribution < 1.29 is 9.53 Å². The molecule has 0 spiro atoms. The Bertz CT molecular complexity index is 943. The summed E-state index contributed by atoms with van der Waals surface area (Å²) < 4.78 is 5.37. The maximum absolute atomic E-state index is 13.0. The lowest BCUT2D eigenvalue weighted by Gasteiger charge is -2.26. The molecule has 1 amide bonds. The van der Waals surface area contributed by atoms with Gasteiger partial charge in [-0.15, -0.1) is 0 Å². The van der Waals surface area contributed by atoms with Gasteiger partial charge in [-0.25, -0.2) is 4.98 Å². The number of aromatic nitrogens is 1. The molecule has 1 saturated heterocycles. The van der Waals surface area contributed by atoms with Crippen LogP contribution in [0, 0.1) is 0 Å². The Kier molecular flexibility index (Phi) is 7.19. The number of hydrogen-bond donors (Lipinski definition) is 1. The van der Waals surface area contributed by atoms with Crippen molar-refractivity contribution in [3.05, 3.63) is 66.2 Å². The highest BCUT2D eigenvalue weighted by molar-refractivity contribution is 6.13. The first kappa shape index (κ1) is 20.8. The van der Waals surface area contributed by atoms with Crippen molar-refractivity contribution in [1.29, 1.82) is 0 Å². The number of hydrogen-bond acceptors (Lipinski definition) is 4. The zero-order chi connectivity index (χ0) is 20.6. The lowest BCUT2D eigenvalue weighted by atomic mass is 10.1. The van der Waals surface area contributed by atoms with Crippen LogP contribution >= 0.6 is 0 Å². The van der Waals surface area contributed by atoms with E-state index in [-0.39, 0.29) is 5.91 Å². The second-order valence-corrected chi connectivity index (χ2v) is 6.81. The number of nitrogens with one attached hydrogen (secondary N) is 1. The van der Waals surface area contributed by atoms with Crippen LogP contribution in [0.3, 0.4) is 0 Å². The smallest absolute Gasteiger partial charge is 0.256 e. The monoisotopic (exact) mass is 391 g/mol. The molecule has 2 heterocycles. The predicted octanol–water partition coefficient (Wildman–Crippen LogP) is 5.13. The number of anilines is 2. The van der Waals surface area contributed by atoms with E-state index in [4.69, 9.17) is 9.72 Å². The number of rotatable bonds is 5. The number of methoxy groups -OCH3 is 1. The van der Waals surface area contributed by atoms with Gasteiger partial charge in [0.1, 0.15) is 5.82 Å². The van der Waals surface area contributed by atoms with Gasteiger partial charge in [-0.1, -0.05) is 50.2 Å². The quantitative estimate of drug-likeness (QED) is 0.655. The fourth-order valence-electron chi connectivity index (χ4n) is 3.72. The molecule has 1 N–H and O–H groups in total. The largest absolute Gasteiger partial charge is 0.383 e. The highest BCUT2D eigenvalue weighted by Crippen LogP contribution is 2.29. The summed E-state index contributed by atoms with van der Waals surface area (Å²) in [4.78, 5) is 20.1. The Morgan fingerprint density at radius 3 is 2.62 bits per heavy atom. The van der Waals surface area contributed by atoms with Gasteiger partial charge in [0.05, 0.1) is 23.7 Å². The Balaban J connectivity index is 0.00000117. The number of amides is 1. The molecule has 1 fully saturated rings. The van der Waals surface area contributed by atoms with E-state index in [1.807, 2.05) is 74.5 Å². The number of ether oxygens (including phenoxy) is 1. The van der Waals surface area contributed by atoms with Gasteiger partial charge in [0.2, 0.25) is 0 Å². The number of nitrogens with zero attached hydrogens (tertiary/aromatic N) is 2. The number of benzene rings is 2. The van der Waals surface area contributed by atoms with E-state index in [9.17, 15) is 4.79 Å². The van der Waals surface area contributed by atoms with Crippen LogP contribution in [-0.4, -0.2) is 37.2 Å². The SMILES string of the molecule is CC.COCC1CCCN1c1cc(C(=O)Nc2ccccc2)c2ccccc2n1. The highest BCUT2D eigenvalue weighted by atomic mass is 16.5. The molecule has 0 radical (unpaired) electrons. The second-order valence-electron chi connectivity index (χ2n) is 6.81. The maximum atomic E-state index is 13.0. The molecule has 5 nitrogen and oxygen atoms in total. The molecule has 0 bridgehead atoms. The summed E-state index contributed by atoms with van der Waals surface area (Å²) >= 11 is 0. The van der Waals surface area contributed by atoms with Crippen molar-refractivity contribution in [2.45, 2.75) is 32.7 Å². The first-order chi connectivity index (χ1) is 14.3. The van der Waals surface area contributed by atoms with Crippen LogP contribution in [0.25, 0.3) is 10.9 Å². The third kappa shape index (κ3) is 4.74. The molecule has 2 aromatic carbocycles. The van der Waals surface area contributed by atoms with Crippen LogP contribution in [0.15, 0.2) is 60.7 Å². The molecule has 4 rings (SSSR count). The Morgan fingerprint density at radius 2 is 1.86 bits per heavy atom. The van der Waals surface area contributed by atoms with E-state index in [0.717, 1.165) is 41.8 Å². The summed E-state index contributed by atoms with van der Waals surface area (Å²) in [5, 5.41) is 3.85. The molecule has 29 heavy (non-hydrogen) atoms. The first-order valence-electron chi connectivity index (χ1n) is 10.3. The molecule has 1 atom stereocenters. The molecular formula is C24H29N3O2. The van der Waals surface area contributed by atoms with Crippen LogP contribution in [0.5, 0.6) is 0 Å². The van der Waals surface area contributed by atoms with E-state index in [2.05, 4.69) is 10.2 Å². The Hall–Kier alpha value is -2.92. The van der Waals surface area contributed by atoms with Crippen molar-refractivity contribution in [3.63, 3.8) is 0 Å². The van der Waals surface area contributed by atoms with Crippen molar-refractivity contribution in [1.82, 2.24) is 4.98 Å². The molecule has 0 aliphatic carbocycles. The average Bonchev–Trinajstić information content (AvgIpc) is 3.23. The number of carbonyl (C=O) groups excluding carboxylic acids is 1. The van der Waals surface area contributed by atoms with E-state index in [0.29, 0.717) is 18.2 Å². The van der Waals surface area contributed by atoms with Crippen molar-refractivity contribution >= 4 is 28.3 Å². The van der Waals surface area contributed by atoms with Crippen LogP contribution in [0.4, 0.5) is 11.5 Å². The van der Waals surface area contributed by atoms with Crippen LogP contribution in [-0.2, 0) is 4.74 Å². The van der Waals surface area contributed by atoms with E-state index in [1.54, 1.807) is 7.11 Å². The minimum Gasteiger partial charge on any atom is -0.383 e. The second kappa shape index (κ2) is 10.0. The van der Waals surface area contributed by atoms with Gasteiger partial charge in [-0.2, -0.15) is 0 Å². The fourth-order valence-corrected chi connectivity index (χ4v) is 3.72. The molecule has 1 aliphatic heterocycles. The molecule has 0 saturated carbocycles. The predicted molar refractivity (Wildman–Crippen MR) is 120 cm³/mol. The first-order valence-corrected chi connectivity index (χ1v) is 10.3. The third-order valence-electron chi connectivity index (χ3n) is 5.01. The van der Waals surface area contributed by atoms with Gasteiger partial charge in [0.25, 0.3) is 5.91 Å². The molecule has 1 aliphatic rings. The van der Waals surface area contributed by atoms with E-state index >= 15 is 0 Å². The number of pyridine rings is 1. The summed E-state index contributed by atoms with van der Waals surface area (Å²) in [6.45, 7) is 5.60. The summed E-state index contributed by atoms with van der Waals surface area (Å²) in [5.41, 5.74) is 2.25. The molecule has 3 aromatic rings. The molecular weight excluding hydrogens is 362 g/mol. The van der Waals surface area contributed by atoms with Crippen molar-refractivity contribution in [2.75, 3.05) is 30.5 Å². The lowest BCUT2D eigenvalue weighted by Crippen LogP contribution is -2.33. The number of carbonyl (C=O) groups is 1. The van der Waals surface area contributed by atoms with Gasteiger partial charge in [0.15, 0.2) is 0 Å². The number of para-hydroxylation sites is 2. The Morgan fingerprint density at radius 1 is 1.14 bits per heavy atom. The lowest BCUT2D eigenvalue weighted by molar-refractivity contribution is 0.102. The van der Waals surface area contributed by atoms with E-state index in [1.165, 1.54) is 0 Å². The normalized spacial score (nSPS) is 15.7. The molecule has 1 aromatic heterocycles. The van der Waals surface area contributed by atoms with Crippen LogP contribution in [0.2, 0.25) is 0 Å².